The Labute approximate surface area is 168 Å². The number of hydrogen-bond acceptors (Lipinski definition) is 3. The fourth-order valence-electron chi connectivity index (χ4n) is 3.44. The Morgan fingerprint density at radius 2 is 1.45 bits per heavy atom. The van der Waals surface area contributed by atoms with E-state index in [0.29, 0.717) is 6.54 Å². The van der Waals surface area contributed by atoms with Crippen LogP contribution in [0.3, 0.4) is 0 Å². The molecular weight excluding hydrogens is 364 g/mol. The summed E-state index contributed by atoms with van der Waals surface area (Å²) in [4.78, 5) is 24.6. The molecule has 4 aromatic rings. The molecule has 0 saturated heterocycles. The summed E-state index contributed by atoms with van der Waals surface area (Å²) in [5.41, 5.74) is 4.75. The summed E-state index contributed by atoms with van der Waals surface area (Å²) in [7, 11) is 1.73. The van der Waals surface area contributed by atoms with Crippen molar-refractivity contribution in [2.24, 2.45) is 7.05 Å². The monoisotopic (exact) mass is 386 g/mol. The highest BCUT2D eigenvalue weighted by Crippen LogP contribution is 2.19. The molecule has 0 radical (unpaired) electrons. The Morgan fingerprint density at radius 3 is 2.17 bits per heavy atom. The van der Waals surface area contributed by atoms with Crippen molar-refractivity contribution in [3.05, 3.63) is 94.9 Å². The Morgan fingerprint density at radius 1 is 0.828 bits per heavy atom. The van der Waals surface area contributed by atoms with Crippen LogP contribution in [0.2, 0.25) is 0 Å². The second-order valence-electron chi connectivity index (χ2n) is 6.96. The van der Waals surface area contributed by atoms with E-state index in [4.69, 9.17) is 4.74 Å². The second kappa shape index (κ2) is 8.19. The number of imidazole rings is 1. The first-order chi connectivity index (χ1) is 14.1. The maximum atomic E-state index is 12.4. The SMILES string of the molecule is Cn1c(=O)n(CCC(=O)OCc2ccc(-c3ccccc3)cc2)c2ccccc21. The molecule has 0 aliphatic carbocycles. The van der Waals surface area contributed by atoms with E-state index in [1.807, 2.05) is 66.7 Å². The van der Waals surface area contributed by atoms with Crippen LogP contribution in [0.4, 0.5) is 0 Å². The molecule has 4 rings (SSSR count). The molecule has 0 saturated carbocycles. The topological polar surface area (TPSA) is 53.2 Å². The van der Waals surface area contributed by atoms with Crippen LogP contribution in [0.5, 0.6) is 0 Å². The van der Waals surface area contributed by atoms with Crippen molar-refractivity contribution >= 4 is 17.0 Å². The number of carbonyl (C=O) groups is 1. The summed E-state index contributed by atoms with van der Waals surface area (Å²) in [5, 5.41) is 0. The minimum absolute atomic E-state index is 0.129. The lowest BCUT2D eigenvalue weighted by Crippen LogP contribution is -2.23. The van der Waals surface area contributed by atoms with E-state index in [2.05, 4.69) is 12.1 Å². The van der Waals surface area contributed by atoms with Crippen LogP contribution < -0.4 is 5.69 Å². The van der Waals surface area contributed by atoms with Gasteiger partial charge in [-0.2, -0.15) is 0 Å². The highest BCUT2D eigenvalue weighted by atomic mass is 16.5. The summed E-state index contributed by atoms with van der Waals surface area (Å²) in [5.74, 6) is -0.322. The van der Waals surface area contributed by atoms with Gasteiger partial charge in [-0.3, -0.25) is 13.9 Å². The van der Waals surface area contributed by atoms with E-state index in [0.717, 1.165) is 27.7 Å². The highest BCUT2D eigenvalue weighted by molar-refractivity contribution is 5.76. The summed E-state index contributed by atoms with van der Waals surface area (Å²) >= 11 is 0. The summed E-state index contributed by atoms with van der Waals surface area (Å²) < 4.78 is 8.60. The first-order valence-corrected chi connectivity index (χ1v) is 9.58. The lowest BCUT2D eigenvalue weighted by atomic mass is 10.0. The maximum absolute atomic E-state index is 12.4. The quantitative estimate of drug-likeness (QED) is 0.468. The molecule has 1 aromatic heterocycles. The molecule has 0 bridgehead atoms. The molecular formula is C24H22N2O3. The molecule has 0 spiro atoms. The number of aryl methyl sites for hydroxylation is 2. The molecule has 29 heavy (non-hydrogen) atoms. The van der Waals surface area contributed by atoms with Gasteiger partial charge < -0.3 is 4.74 Å². The van der Waals surface area contributed by atoms with E-state index >= 15 is 0 Å². The van der Waals surface area contributed by atoms with Crippen LogP contribution in [0.15, 0.2) is 83.7 Å². The van der Waals surface area contributed by atoms with Crippen molar-refractivity contribution in [2.75, 3.05) is 0 Å². The minimum Gasteiger partial charge on any atom is -0.461 e. The lowest BCUT2D eigenvalue weighted by molar-refractivity contribution is -0.145. The van der Waals surface area contributed by atoms with Crippen molar-refractivity contribution in [3.63, 3.8) is 0 Å². The Kier molecular flexibility index (Phi) is 5.29. The molecule has 0 N–H and O–H groups in total. The number of carbonyl (C=O) groups excluding carboxylic acids is 1. The van der Waals surface area contributed by atoms with E-state index in [1.165, 1.54) is 0 Å². The number of ether oxygens (including phenoxy) is 1. The molecule has 5 nitrogen and oxygen atoms in total. The molecule has 0 unspecified atom stereocenters. The third-order valence-electron chi connectivity index (χ3n) is 5.05. The molecule has 146 valence electrons. The molecule has 0 fully saturated rings. The van der Waals surface area contributed by atoms with Crippen molar-refractivity contribution < 1.29 is 9.53 Å². The van der Waals surface area contributed by atoms with Gasteiger partial charge in [-0.05, 0) is 28.8 Å². The summed E-state index contributed by atoms with van der Waals surface area (Å²) in [6.07, 6.45) is 0.149. The van der Waals surface area contributed by atoms with Gasteiger partial charge in [0.05, 0.1) is 17.5 Å². The normalized spacial score (nSPS) is 10.9. The average molecular weight is 386 g/mol. The first kappa shape index (κ1) is 18.7. The number of rotatable bonds is 6. The number of para-hydroxylation sites is 2. The van der Waals surface area contributed by atoms with Gasteiger partial charge in [-0.15, -0.1) is 0 Å². The number of nitrogens with zero attached hydrogens (tertiary/aromatic N) is 2. The minimum atomic E-state index is -0.322. The van der Waals surface area contributed by atoms with Crippen LogP contribution in [0.1, 0.15) is 12.0 Å². The molecule has 1 heterocycles. The van der Waals surface area contributed by atoms with Crippen molar-refractivity contribution in [2.45, 2.75) is 19.6 Å². The van der Waals surface area contributed by atoms with Gasteiger partial charge in [0.15, 0.2) is 0 Å². The fourth-order valence-corrected chi connectivity index (χ4v) is 3.44. The zero-order valence-corrected chi connectivity index (χ0v) is 16.2. The van der Waals surface area contributed by atoms with E-state index in [1.54, 1.807) is 16.2 Å². The molecule has 3 aromatic carbocycles. The maximum Gasteiger partial charge on any atom is 0.328 e. The summed E-state index contributed by atoms with van der Waals surface area (Å²) in [6.45, 7) is 0.518. The van der Waals surface area contributed by atoms with Crippen molar-refractivity contribution in [1.82, 2.24) is 9.13 Å². The predicted molar refractivity (Wildman–Crippen MR) is 113 cm³/mol. The third kappa shape index (κ3) is 3.99. The number of benzene rings is 3. The zero-order valence-electron chi connectivity index (χ0n) is 16.2. The smallest absolute Gasteiger partial charge is 0.328 e. The van der Waals surface area contributed by atoms with E-state index in [-0.39, 0.29) is 24.7 Å². The van der Waals surface area contributed by atoms with Crippen molar-refractivity contribution in [3.8, 4) is 11.1 Å². The number of aromatic nitrogens is 2. The fraction of sp³-hybridized carbons (Fsp3) is 0.167. The highest BCUT2D eigenvalue weighted by Gasteiger charge is 2.12. The first-order valence-electron chi connectivity index (χ1n) is 9.58. The van der Waals surface area contributed by atoms with Gasteiger partial charge in [0.25, 0.3) is 0 Å². The van der Waals surface area contributed by atoms with Gasteiger partial charge in [0.2, 0.25) is 0 Å². The second-order valence-corrected chi connectivity index (χ2v) is 6.96. The average Bonchev–Trinajstić information content (AvgIpc) is 3.02. The van der Waals surface area contributed by atoms with Crippen LogP contribution in [0.25, 0.3) is 22.2 Å². The number of fused-ring (bicyclic) bond motifs is 1. The Balaban J connectivity index is 1.35. The van der Waals surface area contributed by atoms with Gasteiger partial charge in [0, 0.05) is 13.6 Å². The number of esters is 1. The molecule has 0 aliphatic rings. The lowest BCUT2D eigenvalue weighted by Gasteiger charge is -2.07. The largest absolute Gasteiger partial charge is 0.461 e. The zero-order chi connectivity index (χ0) is 20.2. The molecule has 0 atom stereocenters. The Bertz CT molecular complexity index is 1190. The predicted octanol–water partition coefficient (Wildman–Crippen LogP) is 4.14. The molecule has 5 heteroatoms. The summed E-state index contributed by atoms with van der Waals surface area (Å²) in [6, 6.07) is 25.6. The Hall–Kier alpha value is -3.60. The standard InChI is InChI=1S/C24H22N2O3/c1-25-21-9-5-6-10-22(21)26(24(25)28)16-15-23(27)29-17-18-11-13-20(14-12-18)19-7-3-2-4-8-19/h2-14H,15-17H2,1H3. The van der Waals surface area contributed by atoms with Crippen molar-refractivity contribution in [1.29, 1.82) is 0 Å². The van der Waals surface area contributed by atoms with Gasteiger partial charge >= 0.3 is 11.7 Å². The van der Waals surface area contributed by atoms with E-state index < -0.39 is 0 Å². The van der Waals surface area contributed by atoms with Crippen LogP contribution in [-0.2, 0) is 29.7 Å². The molecule has 0 aliphatic heterocycles. The van der Waals surface area contributed by atoms with Gasteiger partial charge in [-0.25, -0.2) is 4.79 Å². The van der Waals surface area contributed by atoms with Gasteiger partial charge in [-0.1, -0.05) is 66.7 Å². The number of hydrogen-bond donors (Lipinski definition) is 0. The third-order valence-corrected chi connectivity index (χ3v) is 5.05. The van der Waals surface area contributed by atoms with E-state index in [9.17, 15) is 9.59 Å². The van der Waals surface area contributed by atoms with Crippen LogP contribution in [0, 0.1) is 0 Å². The van der Waals surface area contributed by atoms with Crippen LogP contribution >= 0.6 is 0 Å². The van der Waals surface area contributed by atoms with Gasteiger partial charge in [0.1, 0.15) is 6.61 Å². The van der Waals surface area contributed by atoms with Crippen LogP contribution in [-0.4, -0.2) is 15.1 Å². The molecule has 0 amide bonds.